The molecule has 7 rings (SSSR count). The molecule has 0 aromatic heterocycles. The van der Waals surface area contributed by atoms with Crippen LogP contribution in [0.2, 0.25) is 5.02 Å². The molecule has 0 radical (unpaired) electrons. The topological polar surface area (TPSA) is 183 Å². The average Bonchev–Trinajstić information content (AvgIpc) is 3.75. The summed E-state index contributed by atoms with van der Waals surface area (Å²) in [6.45, 7) is 0.747. The van der Waals surface area contributed by atoms with Crippen molar-refractivity contribution in [2.45, 2.75) is 69.8 Å². The highest BCUT2D eigenvalue weighted by Crippen LogP contribution is 2.40. The van der Waals surface area contributed by atoms with E-state index >= 15 is 0 Å². The van der Waals surface area contributed by atoms with Crippen molar-refractivity contribution < 1.29 is 55.5 Å². The number of amides is 7. The fraction of sp³-hybridized carbons (Fsp3) is 0.295. The fourth-order valence-electron chi connectivity index (χ4n) is 7.82. The molecule has 1 fully saturated rings. The summed E-state index contributed by atoms with van der Waals surface area (Å²) in [4.78, 5) is 91.0. The van der Waals surface area contributed by atoms with E-state index in [2.05, 4.69) is 26.6 Å². The number of unbranched alkanes of at least 4 members (excludes halogenated alkanes) is 4. The van der Waals surface area contributed by atoms with Gasteiger partial charge in [-0.1, -0.05) is 30.9 Å². The molecule has 0 aliphatic carbocycles. The zero-order chi connectivity index (χ0) is 45.2. The van der Waals surface area contributed by atoms with Crippen LogP contribution in [0.15, 0.2) is 66.7 Å². The maximum atomic E-state index is 14.3. The largest absolute Gasteiger partial charge is 0.416 e. The van der Waals surface area contributed by atoms with Crippen LogP contribution in [0, 0.1) is 11.6 Å². The minimum atomic E-state index is -4.97. The first-order chi connectivity index (χ1) is 30.0. The molecule has 19 heteroatoms. The number of nitrogens with one attached hydrogen (secondary N) is 5. The highest BCUT2D eigenvalue weighted by molar-refractivity contribution is 6.31. The molecular formula is C44H38ClF5N6O7. The third-order valence-corrected chi connectivity index (χ3v) is 11.3. The second-order valence-corrected chi connectivity index (χ2v) is 15.7. The predicted octanol–water partition coefficient (Wildman–Crippen LogP) is 6.59. The number of imide groups is 1. The Bertz CT molecular complexity index is 2570. The highest BCUT2D eigenvalue weighted by atomic mass is 35.5. The lowest BCUT2D eigenvalue weighted by atomic mass is 9.94. The molecule has 4 aromatic carbocycles. The Hall–Kier alpha value is -6.69. The molecule has 1 saturated heterocycles. The molecule has 0 spiro atoms. The van der Waals surface area contributed by atoms with Crippen molar-refractivity contribution in [1.82, 2.24) is 26.2 Å². The normalized spacial score (nSPS) is 16.9. The van der Waals surface area contributed by atoms with Crippen LogP contribution in [-0.4, -0.2) is 65.4 Å². The monoisotopic (exact) mass is 892 g/mol. The number of carbonyl (C=O) groups is 7. The summed E-state index contributed by atoms with van der Waals surface area (Å²) in [5.41, 5.74) is -0.915. The number of nitrogens with zero attached hydrogens (tertiary/aromatic N) is 1. The van der Waals surface area contributed by atoms with E-state index in [1.807, 2.05) is 0 Å². The third-order valence-electron chi connectivity index (χ3n) is 11.0. The van der Waals surface area contributed by atoms with E-state index in [1.54, 1.807) is 18.2 Å². The number of halogens is 6. The molecule has 3 aliphatic heterocycles. The number of anilines is 1. The van der Waals surface area contributed by atoms with Gasteiger partial charge >= 0.3 is 6.18 Å². The van der Waals surface area contributed by atoms with Crippen molar-refractivity contribution >= 4 is 58.6 Å². The van der Waals surface area contributed by atoms with E-state index in [1.165, 1.54) is 23.1 Å². The van der Waals surface area contributed by atoms with Crippen LogP contribution in [0.3, 0.4) is 0 Å². The number of hydrogen-bond donors (Lipinski definition) is 5. The van der Waals surface area contributed by atoms with E-state index in [-0.39, 0.29) is 82.7 Å². The van der Waals surface area contributed by atoms with Gasteiger partial charge in [0.25, 0.3) is 29.5 Å². The minimum absolute atomic E-state index is 0.0516. The number of alkyl halides is 3. The zero-order valence-electron chi connectivity index (χ0n) is 33.1. The first-order valence-electron chi connectivity index (χ1n) is 20.0. The van der Waals surface area contributed by atoms with Gasteiger partial charge in [-0.3, -0.25) is 38.9 Å². The second kappa shape index (κ2) is 18.3. The van der Waals surface area contributed by atoms with Crippen LogP contribution in [0.4, 0.5) is 27.6 Å². The van der Waals surface area contributed by atoms with Gasteiger partial charge in [-0.05, 0) is 91.6 Å². The van der Waals surface area contributed by atoms with Gasteiger partial charge in [-0.2, -0.15) is 13.2 Å². The number of piperidine rings is 1. The number of carbonyl (C=O) groups excluding carboxylic acids is 7. The highest BCUT2D eigenvalue weighted by Gasteiger charge is 2.40. The smallest absolute Gasteiger partial charge is 0.352 e. The second-order valence-electron chi connectivity index (χ2n) is 15.3. The van der Waals surface area contributed by atoms with E-state index in [0.717, 1.165) is 25.0 Å². The van der Waals surface area contributed by atoms with Gasteiger partial charge < -0.3 is 26.2 Å². The molecule has 13 nitrogen and oxygen atoms in total. The SMILES string of the molecule is O=C1CCC(N2Cc3cc(C(=O)NCCCCCCCNC(=O)c4cc(NC(=O)c5cc(F)cc(C(F)(F)F)c5)c5c(c4)C(=O)N[C@H]5c4cc(F)ccc4Cl)ccc3C2=O)C(=O)N1. The summed E-state index contributed by atoms with van der Waals surface area (Å²) in [5.74, 6) is -6.09. The van der Waals surface area contributed by atoms with Crippen molar-refractivity contribution in [3.8, 4) is 0 Å². The Labute approximate surface area is 361 Å². The lowest BCUT2D eigenvalue weighted by Gasteiger charge is -2.29. The molecule has 2 atom stereocenters. The molecule has 3 heterocycles. The van der Waals surface area contributed by atoms with Gasteiger partial charge in [0.15, 0.2) is 0 Å². The van der Waals surface area contributed by atoms with Crippen molar-refractivity contribution in [1.29, 1.82) is 0 Å². The summed E-state index contributed by atoms with van der Waals surface area (Å²) in [7, 11) is 0. The van der Waals surface area contributed by atoms with E-state index < -0.39 is 64.7 Å². The van der Waals surface area contributed by atoms with Crippen molar-refractivity contribution in [3.05, 3.63) is 133 Å². The molecule has 1 unspecified atom stereocenters. The lowest BCUT2D eigenvalue weighted by Crippen LogP contribution is -2.52. The van der Waals surface area contributed by atoms with Crippen LogP contribution >= 0.6 is 11.6 Å². The van der Waals surface area contributed by atoms with Crippen LogP contribution < -0.4 is 26.6 Å². The van der Waals surface area contributed by atoms with Gasteiger partial charge in [-0.25, -0.2) is 8.78 Å². The summed E-state index contributed by atoms with van der Waals surface area (Å²) in [5, 5.41) is 13.0. The number of fused-ring (bicyclic) bond motifs is 2. The summed E-state index contributed by atoms with van der Waals surface area (Å²) in [6.07, 6.45) is -1.17. The number of rotatable bonds is 14. The first kappa shape index (κ1) is 44.4. The molecular weight excluding hydrogens is 855 g/mol. The van der Waals surface area contributed by atoms with Gasteiger partial charge in [0, 0.05) is 75.7 Å². The maximum absolute atomic E-state index is 14.3. The quantitative estimate of drug-likeness (QED) is 0.0538. The predicted molar refractivity (Wildman–Crippen MR) is 217 cm³/mol. The molecule has 0 saturated carbocycles. The zero-order valence-corrected chi connectivity index (χ0v) is 33.9. The maximum Gasteiger partial charge on any atom is 0.416 e. The minimum Gasteiger partial charge on any atom is -0.352 e. The Morgan fingerprint density at radius 3 is 2.13 bits per heavy atom. The number of benzene rings is 4. The lowest BCUT2D eigenvalue weighted by molar-refractivity contribution is -0.138. The Balaban J connectivity index is 0.918. The van der Waals surface area contributed by atoms with Crippen LogP contribution in [0.1, 0.15) is 125 Å². The van der Waals surface area contributed by atoms with Gasteiger partial charge in [0.2, 0.25) is 11.8 Å². The molecule has 328 valence electrons. The summed E-state index contributed by atoms with van der Waals surface area (Å²) < 4.78 is 68.9. The standard InChI is InChI=1S/C44H38ClF5N6O7/c45-32-9-7-27(46)20-30(32)37-36-31(41(61)55-37)17-24(18-33(36)53-40(60)23-15-26(44(48,49)50)19-28(47)16-23)39(59)52-13-5-3-1-2-4-12-51-38(58)22-6-8-29-25(14-22)21-56(43(29)63)34-10-11-35(57)54-42(34)62/h6-9,14-20,34,37H,1-5,10-13,21H2,(H,51,58)(H,52,59)(H,53,60)(H,55,61)(H,54,57,62)/t34?,37-/m0/s1. The number of hydrogen-bond acceptors (Lipinski definition) is 7. The summed E-state index contributed by atoms with van der Waals surface area (Å²) in [6, 6.07) is 10.0. The molecule has 63 heavy (non-hydrogen) atoms. The molecule has 0 bridgehead atoms. The van der Waals surface area contributed by atoms with Crippen LogP contribution in [0.5, 0.6) is 0 Å². The Kier molecular flexibility index (Phi) is 12.9. The van der Waals surface area contributed by atoms with Gasteiger partial charge in [0.05, 0.1) is 11.6 Å². The molecule has 5 N–H and O–H groups in total. The van der Waals surface area contributed by atoms with Crippen molar-refractivity contribution in [2.24, 2.45) is 0 Å². The average molecular weight is 893 g/mol. The summed E-state index contributed by atoms with van der Waals surface area (Å²) >= 11 is 6.35. The Morgan fingerprint density at radius 1 is 0.746 bits per heavy atom. The van der Waals surface area contributed by atoms with E-state index in [9.17, 15) is 55.5 Å². The van der Waals surface area contributed by atoms with Crippen LogP contribution in [0.25, 0.3) is 0 Å². The third kappa shape index (κ3) is 9.85. The molecule has 3 aliphatic rings. The van der Waals surface area contributed by atoms with Gasteiger partial charge in [-0.15, -0.1) is 0 Å². The van der Waals surface area contributed by atoms with Crippen LogP contribution in [-0.2, 0) is 22.3 Å². The van der Waals surface area contributed by atoms with Gasteiger partial charge in [0.1, 0.15) is 17.7 Å². The molecule has 7 amide bonds. The van der Waals surface area contributed by atoms with Crippen molar-refractivity contribution in [3.63, 3.8) is 0 Å². The first-order valence-corrected chi connectivity index (χ1v) is 20.3. The molecule has 4 aromatic rings. The Morgan fingerprint density at radius 2 is 1.43 bits per heavy atom. The van der Waals surface area contributed by atoms with E-state index in [0.29, 0.717) is 54.6 Å². The van der Waals surface area contributed by atoms with E-state index in [4.69, 9.17) is 11.6 Å². The van der Waals surface area contributed by atoms with Crippen molar-refractivity contribution in [2.75, 3.05) is 18.4 Å². The fourth-order valence-corrected chi connectivity index (χ4v) is 8.05.